The molecule has 1 aliphatic heterocycles. The molecule has 1 saturated heterocycles. The van der Waals surface area contributed by atoms with Gasteiger partial charge in [-0.1, -0.05) is 0 Å². The number of aliphatic hydroxyl groups is 2. The van der Waals surface area contributed by atoms with Crippen LogP contribution in [0.15, 0.2) is 21.9 Å². The minimum Gasteiger partial charge on any atom is -0.391 e. The molecule has 106 valence electrons. The summed E-state index contributed by atoms with van der Waals surface area (Å²) in [5.74, 6) is 0. The Bertz CT molecular complexity index is 551. The van der Waals surface area contributed by atoms with Crippen LogP contribution in [0, 0.1) is 0 Å². The first-order chi connectivity index (χ1) is 8.95. The number of hydrogen-bond acceptors (Lipinski definition) is 6. The molecule has 1 aromatic rings. The maximum absolute atomic E-state index is 11.7. The number of aromatic amines is 1. The summed E-state index contributed by atoms with van der Waals surface area (Å²) in [6, 6.07) is 1.17. The largest absolute Gasteiger partial charge is 0.391 e. The average Bonchev–Trinajstić information content (AvgIpc) is 2.66. The van der Waals surface area contributed by atoms with Gasteiger partial charge in [-0.15, -0.1) is 0 Å². The molecule has 0 aliphatic carbocycles. The van der Waals surface area contributed by atoms with E-state index in [1.54, 1.807) is 0 Å². The van der Waals surface area contributed by atoms with Crippen LogP contribution in [0.25, 0.3) is 0 Å². The minimum atomic E-state index is -1.08. The van der Waals surface area contributed by atoms with E-state index >= 15 is 0 Å². The van der Waals surface area contributed by atoms with Crippen molar-refractivity contribution in [2.45, 2.75) is 37.6 Å². The van der Waals surface area contributed by atoms with Gasteiger partial charge in [0.1, 0.15) is 18.3 Å². The van der Waals surface area contributed by atoms with Crippen molar-refractivity contribution in [3.63, 3.8) is 0 Å². The summed E-state index contributed by atoms with van der Waals surface area (Å²) >= 11 is 0. The van der Waals surface area contributed by atoms with Crippen molar-refractivity contribution < 1.29 is 19.7 Å². The van der Waals surface area contributed by atoms with E-state index in [0.29, 0.717) is 0 Å². The van der Waals surface area contributed by atoms with Crippen LogP contribution in [0.2, 0.25) is 0 Å². The Kier molecular flexibility index (Phi) is 3.85. The summed E-state index contributed by atoms with van der Waals surface area (Å²) in [5.41, 5.74) is -1.20. The Balaban J connectivity index is 2.38. The topological polar surface area (TPSA) is 114 Å². The predicted octanol–water partition coefficient (Wildman–Crippen LogP) is -1.81. The maximum Gasteiger partial charge on any atom is 0.330 e. The van der Waals surface area contributed by atoms with E-state index in [9.17, 15) is 19.8 Å². The monoisotopic (exact) mass is 272 g/mol. The first-order valence-electron chi connectivity index (χ1n) is 5.81. The van der Waals surface area contributed by atoms with E-state index < -0.39 is 41.9 Å². The molecular formula is C11H16N2O6. The normalized spacial score (nSPS) is 32.4. The highest BCUT2D eigenvalue weighted by molar-refractivity contribution is 4.95. The molecule has 0 bridgehead atoms. The summed E-state index contributed by atoms with van der Waals surface area (Å²) in [4.78, 5) is 24.8. The first kappa shape index (κ1) is 13.9. The summed E-state index contributed by atoms with van der Waals surface area (Å²) in [5, 5.41) is 19.5. The second-order valence-corrected chi connectivity index (χ2v) is 4.44. The van der Waals surface area contributed by atoms with E-state index in [2.05, 4.69) is 4.98 Å². The number of rotatable bonds is 3. The molecule has 5 atom stereocenters. The zero-order chi connectivity index (χ0) is 14.2. The molecule has 0 radical (unpaired) electrons. The summed E-state index contributed by atoms with van der Waals surface area (Å²) in [6.45, 7) is 1.47. The maximum atomic E-state index is 11.7. The van der Waals surface area contributed by atoms with Gasteiger partial charge in [-0.3, -0.25) is 14.3 Å². The Labute approximate surface area is 108 Å². The number of hydrogen-bond donors (Lipinski definition) is 3. The second-order valence-electron chi connectivity index (χ2n) is 4.44. The Hall–Kier alpha value is -1.48. The molecule has 19 heavy (non-hydrogen) atoms. The van der Waals surface area contributed by atoms with E-state index in [1.165, 1.54) is 26.3 Å². The Morgan fingerprint density at radius 1 is 1.53 bits per heavy atom. The first-order valence-corrected chi connectivity index (χ1v) is 5.81. The fourth-order valence-electron chi connectivity index (χ4n) is 2.18. The average molecular weight is 272 g/mol. The van der Waals surface area contributed by atoms with E-state index in [-0.39, 0.29) is 0 Å². The summed E-state index contributed by atoms with van der Waals surface area (Å²) in [6.07, 6.45) is -3.33. The molecule has 2 rings (SSSR count). The van der Waals surface area contributed by atoms with Crippen molar-refractivity contribution in [3.05, 3.63) is 33.1 Å². The second kappa shape index (κ2) is 5.25. The zero-order valence-corrected chi connectivity index (χ0v) is 10.5. The third-order valence-electron chi connectivity index (χ3n) is 3.12. The van der Waals surface area contributed by atoms with Crippen LogP contribution < -0.4 is 11.2 Å². The number of nitrogens with zero attached hydrogens (tertiary/aromatic N) is 1. The lowest BCUT2D eigenvalue weighted by Gasteiger charge is -2.19. The fraction of sp³-hybridized carbons (Fsp3) is 0.636. The summed E-state index contributed by atoms with van der Waals surface area (Å²) < 4.78 is 11.7. The smallest absolute Gasteiger partial charge is 0.330 e. The van der Waals surface area contributed by atoms with Gasteiger partial charge in [0.15, 0.2) is 6.23 Å². The highest BCUT2D eigenvalue weighted by Gasteiger charge is 2.47. The van der Waals surface area contributed by atoms with Gasteiger partial charge >= 0.3 is 5.69 Å². The van der Waals surface area contributed by atoms with Gasteiger partial charge in [-0.25, -0.2) is 4.79 Å². The molecule has 0 spiro atoms. The van der Waals surface area contributed by atoms with Gasteiger partial charge in [-0.2, -0.15) is 0 Å². The van der Waals surface area contributed by atoms with E-state index in [4.69, 9.17) is 9.47 Å². The van der Waals surface area contributed by atoms with Gasteiger partial charge < -0.3 is 19.7 Å². The van der Waals surface area contributed by atoms with Crippen LogP contribution in [0.3, 0.4) is 0 Å². The zero-order valence-electron chi connectivity index (χ0n) is 10.5. The number of methoxy groups -OCH3 is 1. The molecule has 8 heteroatoms. The highest BCUT2D eigenvalue weighted by atomic mass is 16.6. The molecule has 1 fully saturated rings. The van der Waals surface area contributed by atoms with Crippen molar-refractivity contribution >= 4 is 0 Å². The minimum absolute atomic E-state index is 0.527. The lowest BCUT2D eigenvalue weighted by Crippen LogP contribution is -2.39. The molecular weight excluding hydrogens is 256 g/mol. The lowest BCUT2D eigenvalue weighted by atomic mass is 10.1. The third kappa shape index (κ3) is 2.47. The molecule has 2 heterocycles. The molecule has 0 amide bonds. The standard InChI is InChI=1S/C11H16N2O6/c1-5(14)8-7(16)9(18-2)10(19-8)13-4-3-6(15)12-11(13)17/h3-5,7-10,14,16H,1-2H3,(H,12,15,17)/t5-,7?,8-,9+,10-/m1/s1. The fourth-order valence-corrected chi connectivity index (χ4v) is 2.18. The molecule has 0 saturated carbocycles. The van der Waals surface area contributed by atoms with Crippen LogP contribution >= 0.6 is 0 Å². The van der Waals surface area contributed by atoms with Gasteiger partial charge in [-0.05, 0) is 6.92 Å². The number of H-pyrrole nitrogens is 1. The van der Waals surface area contributed by atoms with Crippen LogP contribution in [-0.4, -0.2) is 51.3 Å². The van der Waals surface area contributed by atoms with E-state index in [0.717, 1.165) is 4.57 Å². The van der Waals surface area contributed by atoms with Gasteiger partial charge in [0.05, 0.1) is 6.10 Å². The molecule has 1 aromatic heterocycles. The van der Waals surface area contributed by atoms with Crippen LogP contribution in [0.4, 0.5) is 0 Å². The van der Waals surface area contributed by atoms with Crippen molar-refractivity contribution in [3.8, 4) is 0 Å². The SMILES string of the molecule is CO[C@H]1C(O)[C@@H]([C@@H](C)O)O[C@H]1n1ccc(=O)[nH]c1=O. The quantitative estimate of drug-likeness (QED) is 0.597. The van der Waals surface area contributed by atoms with Crippen molar-refractivity contribution in [2.75, 3.05) is 7.11 Å². The molecule has 1 unspecified atom stereocenters. The lowest BCUT2D eigenvalue weighted by molar-refractivity contribution is -0.0826. The predicted molar refractivity (Wildman–Crippen MR) is 63.7 cm³/mol. The van der Waals surface area contributed by atoms with Gasteiger partial charge in [0, 0.05) is 19.4 Å². The van der Waals surface area contributed by atoms with Crippen LogP contribution in [0.5, 0.6) is 0 Å². The molecule has 1 aliphatic rings. The number of aromatic nitrogens is 2. The molecule has 8 nitrogen and oxygen atoms in total. The van der Waals surface area contributed by atoms with Crippen molar-refractivity contribution in [1.29, 1.82) is 0 Å². The molecule has 0 aromatic carbocycles. The van der Waals surface area contributed by atoms with Crippen molar-refractivity contribution in [1.82, 2.24) is 9.55 Å². The molecule has 3 N–H and O–H groups in total. The van der Waals surface area contributed by atoms with Crippen molar-refractivity contribution in [2.24, 2.45) is 0 Å². The van der Waals surface area contributed by atoms with Crippen LogP contribution in [0.1, 0.15) is 13.2 Å². The number of nitrogens with one attached hydrogen (secondary N) is 1. The van der Waals surface area contributed by atoms with Gasteiger partial charge in [0.2, 0.25) is 0 Å². The summed E-state index contributed by atoms with van der Waals surface area (Å²) in [7, 11) is 1.37. The Morgan fingerprint density at radius 3 is 2.74 bits per heavy atom. The van der Waals surface area contributed by atoms with Gasteiger partial charge in [0.25, 0.3) is 5.56 Å². The Morgan fingerprint density at radius 2 is 2.21 bits per heavy atom. The number of aliphatic hydroxyl groups excluding tert-OH is 2. The van der Waals surface area contributed by atoms with Crippen LogP contribution in [-0.2, 0) is 9.47 Å². The third-order valence-corrected chi connectivity index (χ3v) is 3.12. The highest BCUT2D eigenvalue weighted by Crippen LogP contribution is 2.31. The van der Waals surface area contributed by atoms with E-state index in [1.807, 2.05) is 0 Å². The number of ether oxygens (including phenoxy) is 2.